The van der Waals surface area contributed by atoms with Crippen LogP contribution in [0.2, 0.25) is 0 Å². The fourth-order valence-corrected chi connectivity index (χ4v) is 2.99. The number of allylic oxidation sites excluding steroid dienone is 1. The molecule has 0 N–H and O–H groups in total. The summed E-state index contributed by atoms with van der Waals surface area (Å²) in [6.45, 7) is 9.08. The molecule has 1 unspecified atom stereocenters. The number of carboxylic acids is 1. The quantitative estimate of drug-likeness (QED) is 0.150. The molecule has 5 nitrogen and oxygen atoms in total. The SMILES string of the molecule is CCCCCCCCCCC=CC(CC(=O)[O-])C(=O)OCCN(CC)CC.[Li+]. The molecule has 0 amide bonds. The Bertz CT molecular complexity index is 411. The van der Waals surface area contributed by atoms with Crippen molar-refractivity contribution in [2.75, 3.05) is 26.2 Å². The van der Waals surface area contributed by atoms with Crippen molar-refractivity contribution in [3.63, 3.8) is 0 Å². The minimum absolute atomic E-state index is 0. The van der Waals surface area contributed by atoms with Gasteiger partial charge in [-0.15, -0.1) is 0 Å². The van der Waals surface area contributed by atoms with E-state index in [0.717, 1.165) is 25.9 Å². The first-order valence-electron chi connectivity index (χ1n) is 10.8. The number of likely N-dealkylation sites (N-methyl/N-ethyl adjacent to an activating group) is 1. The maximum absolute atomic E-state index is 12.1. The van der Waals surface area contributed by atoms with Gasteiger partial charge in [0, 0.05) is 18.9 Å². The van der Waals surface area contributed by atoms with Gasteiger partial charge in [0.25, 0.3) is 0 Å². The van der Waals surface area contributed by atoms with Gasteiger partial charge in [-0.1, -0.05) is 77.9 Å². The van der Waals surface area contributed by atoms with E-state index >= 15 is 0 Å². The monoisotopic (exact) mass is 389 g/mol. The van der Waals surface area contributed by atoms with E-state index in [2.05, 4.69) is 25.7 Å². The van der Waals surface area contributed by atoms with E-state index in [1.54, 1.807) is 6.08 Å². The number of carboxylic acid groups (broad SMARTS) is 1. The topological polar surface area (TPSA) is 69.7 Å². The molecule has 0 heterocycles. The van der Waals surface area contributed by atoms with E-state index in [1.807, 2.05) is 6.08 Å². The number of carbonyl (C=O) groups is 2. The second kappa shape index (κ2) is 21.0. The summed E-state index contributed by atoms with van der Waals surface area (Å²) in [5, 5.41) is 10.9. The van der Waals surface area contributed by atoms with E-state index in [9.17, 15) is 14.7 Å². The number of aliphatic carboxylic acids is 1. The Morgan fingerprint density at radius 1 is 0.964 bits per heavy atom. The first-order valence-corrected chi connectivity index (χ1v) is 10.8. The first-order chi connectivity index (χ1) is 13.0. The van der Waals surface area contributed by atoms with Crippen LogP contribution in [0.1, 0.15) is 85.0 Å². The molecule has 0 aliphatic heterocycles. The second-order valence-electron chi connectivity index (χ2n) is 7.07. The zero-order chi connectivity index (χ0) is 20.3. The third-order valence-corrected chi connectivity index (χ3v) is 4.83. The van der Waals surface area contributed by atoms with Crippen molar-refractivity contribution in [1.82, 2.24) is 4.90 Å². The maximum Gasteiger partial charge on any atom is 1.00 e. The summed E-state index contributed by atoms with van der Waals surface area (Å²) in [5.74, 6) is -2.45. The van der Waals surface area contributed by atoms with Crippen LogP contribution in [0.5, 0.6) is 0 Å². The van der Waals surface area contributed by atoms with Gasteiger partial charge in [-0.3, -0.25) is 4.79 Å². The summed E-state index contributed by atoms with van der Waals surface area (Å²) < 4.78 is 5.26. The van der Waals surface area contributed by atoms with Gasteiger partial charge in [-0.05, 0) is 25.9 Å². The van der Waals surface area contributed by atoms with Crippen LogP contribution in [-0.2, 0) is 14.3 Å². The van der Waals surface area contributed by atoms with E-state index in [0.29, 0.717) is 6.54 Å². The third-order valence-electron chi connectivity index (χ3n) is 4.83. The second-order valence-corrected chi connectivity index (χ2v) is 7.07. The van der Waals surface area contributed by atoms with Gasteiger partial charge in [0.05, 0.1) is 5.92 Å². The standard InChI is InChI=1S/C22H41NO4.Li/c1-4-7-8-9-10-11-12-13-14-15-16-20(19-21(24)25)22(26)27-18-17-23(5-2)6-3;/h15-16,20H,4-14,17-19H2,1-3H3,(H,24,25);/q;+1/p-1. The van der Waals surface area contributed by atoms with Crippen molar-refractivity contribution in [3.8, 4) is 0 Å². The normalized spacial score (nSPS) is 12.1. The largest absolute Gasteiger partial charge is 1.00 e. The average molecular weight is 390 g/mol. The molecule has 0 radical (unpaired) electrons. The Kier molecular flexibility index (Phi) is 22.0. The Balaban J connectivity index is 0. The van der Waals surface area contributed by atoms with Gasteiger partial charge in [-0.2, -0.15) is 0 Å². The zero-order valence-corrected chi connectivity index (χ0v) is 18.7. The molecule has 0 fully saturated rings. The van der Waals surface area contributed by atoms with Crippen LogP contribution < -0.4 is 24.0 Å². The third kappa shape index (κ3) is 17.3. The molecule has 0 aromatic carbocycles. The molecule has 158 valence electrons. The molecular weight excluding hydrogens is 349 g/mol. The van der Waals surface area contributed by atoms with Crippen LogP contribution in [-0.4, -0.2) is 43.1 Å². The van der Waals surface area contributed by atoms with Gasteiger partial charge in [0.1, 0.15) is 6.61 Å². The van der Waals surface area contributed by atoms with Crippen molar-refractivity contribution in [2.45, 2.75) is 85.0 Å². The molecule has 0 aliphatic rings. The summed E-state index contributed by atoms with van der Waals surface area (Å²) in [5.41, 5.74) is 0. The fraction of sp³-hybridized carbons (Fsp3) is 0.818. The average Bonchev–Trinajstić information content (AvgIpc) is 2.65. The smallest absolute Gasteiger partial charge is 0.550 e. The molecule has 0 spiro atoms. The first kappa shape index (κ1) is 29.4. The molecule has 0 rings (SSSR count). The predicted molar refractivity (Wildman–Crippen MR) is 108 cm³/mol. The number of ether oxygens (including phenoxy) is 1. The van der Waals surface area contributed by atoms with Crippen LogP contribution in [0.25, 0.3) is 0 Å². The number of nitrogens with zero attached hydrogens (tertiary/aromatic N) is 1. The summed E-state index contributed by atoms with van der Waals surface area (Å²) in [6.07, 6.45) is 14.2. The molecule has 0 saturated carbocycles. The summed E-state index contributed by atoms with van der Waals surface area (Å²) in [4.78, 5) is 25.2. The number of hydrogen-bond donors (Lipinski definition) is 0. The Morgan fingerprint density at radius 3 is 2.07 bits per heavy atom. The van der Waals surface area contributed by atoms with Gasteiger partial charge in [-0.25, -0.2) is 0 Å². The molecule has 0 bridgehead atoms. The summed E-state index contributed by atoms with van der Waals surface area (Å²) in [7, 11) is 0. The van der Waals surface area contributed by atoms with Crippen molar-refractivity contribution < 1.29 is 38.3 Å². The van der Waals surface area contributed by atoms with Crippen molar-refractivity contribution in [2.24, 2.45) is 5.92 Å². The predicted octanol–water partition coefficient (Wildman–Crippen LogP) is 0.719. The molecule has 0 aromatic rings. The Hall–Kier alpha value is -0.763. The molecule has 28 heavy (non-hydrogen) atoms. The number of rotatable bonds is 18. The van der Waals surface area contributed by atoms with Crippen LogP contribution in [0.3, 0.4) is 0 Å². The van der Waals surface area contributed by atoms with Crippen molar-refractivity contribution >= 4 is 11.9 Å². The summed E-state index contributed by atoms with van der Waals surface area (Å²) in [6, 6.07) is 0. The molecule has 0 aliphatic carbocycles. The van der Waals surface area contributed by atoms with Crippen LogP contribution in [0.4, 0.5) is 0 Å². The Morgan fingerprint density at radius 2 is 1.54 bits per heavy atom. The zero-order valence-electron chi connectivity index (χ0n) is 18.7. The van der Waals surface area contributed by atoms with Gasteiger partial charge in [0.15, 0.2) is 0 Å². The number of unbranched alkanes of at least 4 members (excludes halogenated alkanes) is 8. The van der Waals surface area contributed by atoms with Crippen molar-refractivity contribution in [3.05, 3.63) is 12.2 Å². The Labute approximate surface area is 184 Å². The summed E-state index contributed by atoms with van der Waals surface area (Å²) >= 11 is 0. The molecular formula is C22H40LiNO4. The van der Waals surface area contributed by atoms with Gasteiger partial charge in [0.2, 0.25) is 0 Å². The van der Waals surface area contributed by atoms with E-state index < -0.39 is 17.9 Å². The number of hydrogen-bond acceptors (Lipinski definition) is 5. The minimum Gasteiger partial charge on any atom is -0.550 e. The molecule has 1 atom stereocenters. The van der Waals surface area contributed by atoms with Gasteiger partial charge < -0.3 is 19.5 Å². The van der Waals surface area contributed by atoms with Crippen LogP contribution >= 0.6 is 0 Å². The van der Waals surface area contributed by atoms with Crippen LogP contribution in [0, 0.1) is 5.92 Å². The van der Waals surface area contributed by atoms with Gasteiger partial charge >= 0.3 is 24.8 Å². The minimum atomic E-state index is -1.22. The van der Waals surface area contributed by atoms with Crippen LogP contribution in [0.15, 0.2) is 12.2 Å². The maximum atomic E-state index is 12.1. The van der Waals surface area contributed by atoms with E-state index in [1.165, 1.54) is 44.9 Å². The van der Waals surface area contributed by atoms with E-state index in [4.69, 9.17) is 4.74 Å². The number of esters is 1. The molecule has 6 heteroatoms. The van der Waals surface area contributed by atoms with Crippen molar-refractivity contribution in [1.29, 1.82) is 0 Å². The number of carbonyl (C=O) groups excluding carboxylic acids is 2. The fourth-order valence-electron chi connectivity index (χ4n) is 2.99. The molecule has 0 aromatic heterocycles. The van der Waals surface area contributed by atoms with E-state index in [-0.39, 0.29) is 31.9 Å². The molecule has 0 saturated heterocycles.